The standard InChI is InChI=1S/C21H24O7/c1-2-8-26-21(23)19-12-15(13-20(28-19)25-11-10-24-9-7-22)17-14-27-18-6-4-3-5-16(17)18/h2-6,12,14-15,20,22H,1,7-11,13H2. The van der Waals surface area contributed by atoms with Gasteiger partial charge in [-0.05, 0) is 12.1 Å². The van der Waals surface area contributed by atoms with E-state index in [2.05, 4.69) is 6.58 Å². The molecule has 1 aliphatic heterocycles. The summed E-state index contributed by atoms with van der Waals surface area (Å²) in [5.74, 6) is -0.598. The molecule has 7 nitrogen and oxygen atoms in total. The topological polar surface area (TPSA) is 87.4 Å². The molecule has 0 saturated heterocycles. The summed E-state index contributed by atoms with van der Waals surface area (Å²) in [6.07, 6.45) is 4.82. The molecule has 2 aromatic rings. The molecule has 0 fully saturated rings. The Bertz CT molecular complexity index is 823. The maximum Gasteiger partial charge on any atom is 0.373 e. The quantitative estimate of drug-likeness (QED) is 0.380. The SMILES string of the molecule is C=CCOC(=O)C1=CC(c2coc3ccccc23)CC(OCCOCCO)O1. The number of furan rings is 1. The summed E-state index contributed by atoms with van der Waals surface area (Å²) in [4.78, 5) is 12.3. The smallest absolute Gasteiger partial charge is 0.373 e. The maximum atomic E-state index is 12.3. The molecule has 0 aliphatic carbocycles. The lowest BCUT2D eigenvalue weighted by atomic mass is 9.92. The van der Waals surface area contributed by atoms with Gasteiger partial charge in [0.2, 0.25) is 12.0 Å². The van der Waals surface area contributed by atoms with E-state index >= 15 is 0 Å². The maximum absolute atomic E-state index is 12.3. The Morgan fingerprint density at radius 1 is 1.29 bits per heavy atom. The lowest BCUT2D eigenvalue weighted by molar-refractivity contribution is -0.163. The average Bonchev–Trinajstić information content (AvgIpc) is 3.16. The van der Waals surface area contributed by atoms with Crippen LogP contribution in [0.4, 0.5) is 0 Å². The van der Waals surface area contributed by atoms with Crippen molar-refractivity contribution >= 4 is 16.9 Å². The summed E-state index contributed by atoms with van der Waals surface area (Å²) in [5, 5.41) is 9.72. The first kappa shape index (κ1) is 20.1. The number of fused-ring (bicyclic) bond motifs is 1. The first-order valence-corrected chi connectivity index (χ1v) is 9.15. The molecule has 0 radical (unpaired) electrons. The number of ether oxygens (including phenoxy) is 4. The van der Waals surface area contributed by atoms with Crippen molar-refractivity contribution in [2.45, 2.75) is 18.6 Å². The molecule has 3 rings (SSSR count). The summed E-state index contributed by atoms with van der Waals surface area (Å²) in [6, 6.07) is 7.72. The van der Waals surface area contributed by atoms with E-state index in [-0.39, 0.29) is 38.1 Å². The van der Waals surface area contributed by atoms with Gasteiger partial charge in [-0.15, -0.1) is 0 Å². The molecule has 2 heterocycles. The number of allylic oxidation sites excluding steroid dienone is 1. The molecule has 1 aromatic heterocycles. The molecular weight excluding hydrogens is 364 g/mol. The molecule has 1 aromatic carbocycles. The van der Waals surface area contributed by atoms with Gasteiger partial charge in [0, 0.05) is 23.3 Å². The number of hydrogen-bond acceptors (Lipinski definition) is 7. The van der Waals surface area contributed by atoms with Crippen LogP contribution in [0.1, 0.15) is 17.9 Å². The van der Waals surface area contributed by atoms with Crippen LogP contribution in [0.5, 0.6) is 0 Å². The predicted octanol–water partition coefficient (Wildman–Crippen LogP) is 2.90. The molecule has 2 atom stereocenters. The molecule has 1 N–H and O–H groups in total. The monoisotopic (exact) mass is 388 g/mol. The third-order valence-electron chi connectivity index (χ3n) is 4.27. The molecule has 0 bridgehead atoms. The van der Waals surface area contributed by atoms with Crippen LogP contribution in [0.3, 0.4) is 0 Å². The Balaban J connectivity index is 1.76. The van der Waals surface area contributed by atoms with E-state index in [1.54, 1.807) is 12.3 Å². The highest BCUT2D eigenvalue weighted by molar-refractivity contribution is 5.87. The minimum absolute atomic E-state index is 0.0441. The van der Waals surface area contributed by atoms with Crippen molar-refractivity contribution in [3.8, 4) is 0 Å². The van der Waals surface area contributed by atoms with Crippen LogP contribution >= 0.6 is 0 Å². The largest absolute Gasteiger partial charge is 0.464 e. The Hall–Kier alpha value is -2.61. The second-order valence-electron chi connectivity index (χ2n) is 6.20. The summed E-state index contributed by atoms with van der Waals surface area (Å²) in [7, 11) is 0. The third-order valence-corrected chi connectivity index (χ3v) is 4.27. The van der Waals surface area contributed by atoms with Crippen LogP contribution in [0.15, 0.2) is 59.4 Å². The summed E-state index contributed by atoms with van der Waals surface area (Å²) in [6.45, 7) is 4.44. The molecule has 150 valence electrons. The van der Waals surface area contributed by atoms with Gasteiger partial charge in [0.05, 0.1) is 32.7 Å². The van der Waals surface area contributed by atoms with Crippen molar-refractivity contribution in [1.29, 1.82) is 0 Å². The van der Waals surface area contributed by atoms with E-state index in [1.807, 2.05) is 24.3 Å². The van der Waals surface area contributed by atoms with Gasteiger partial charge < -0.3 is 28.5 Å². The Morgan fingerprint density at radius 2 is 2.14 bits per heavy atom. The van der Waals surface area contributed by atoms with Crippen LogP contribution in [0, 0.1) is 0 Å². The van der Waals surface area contributed by atoms with E-state index in [9.17, 15) is 4.79 Å². The van der Waals surface area contributed by atoms with E-state index in [4.69, 9.17) is 28.5 Å². The number of rotatable bonds is 10. The molecule has 1 aliphatic rings. The van der Waals surface area contributed by atoms with Gasteiger partial charge in [-0.2, -0.15) is 0 Å². The molecule has 0 saturated carbocycles. The number of aliphatic hydroxyl groups excluding tert-OH is 1. The van der Waals surface area contributed by atoms with Crippen molar-refractivity contribution in [3.63, 3.8) is 0 Å². The van der Waals surface area contributed by atoms with Crippen molar-refractivity contribution in [1.82, 2.24) is 0 Å². The number of esters is 1. The van der Waals surface area contributed by atoms with Crippen LogP contribution in [0.2, 0.25) is 0 Å². The fraction of sp³-hybridized carbons (Fsp3) is 0.381. The minimum atomic E-state index is -0.632. The highest BCUT2D eigenvalue weighted by atomic mass is 16.7. The zero-order valence-electron chi connectivity index (χ0n) is 15.5. The van der Waals surface area contributed by atoms with Crippen molar-refractivity contribution in [3.05, 3.63) is 60.6 Å². The van der Waals surface area contributed by atoms with Gasteiger partial charge in [0.15, 0.2) is 0 Å². The Labute approximate surface area is 163 Å². The van der Waals surface area contributed by atoms with Gasteiger partial charge >= 0.3 is 5.97 Å². The van der Waals surface area contributed by atoms with Crippen molar-refractivity contribution in [2.24, 2.45) is 0 Å². The average molecular weight is 388 g/mol. The lowest BCUT2D eigenvalue weighted by Gasteiger charge is -2.28. The third kappa shape index (κ3) is 5.01. The number of carbonyl (C=O) groups excluding carboxylic acids is 1. The van der Waals surface area contributed by atoms with E-state index in [0.29, 0.717) is 13.0 Å². The molecule has 0 amide bonds. The Morgan fingerprint density at radius 3 is 2.96 bits per heavy atom. The van der Waals surface area contributed by atoms with Crippen LogP contribution in [-0.2, 0) is 23.7 Å². The van der Waals surface area contributed by atoms with Gasteiger partial charge in [-0.25, -0.2) is 4.79 Å². The predicted molar refractivity (Wildman–Crippen MR) is 102 cm³/mol. The molecule has 2 unspecified atom stereocenters. The first-order chi connectivity index (χ1) is 13.7. The number of aliphatic hydroxyl groups is 1. The Kier molecular flexibility index (Phi) is 7.25. The number of para-hydroxylation sites is 1. The molecule has 7 heteroatoms. The van der Waals surface area contributed by atoms with Gasteiger partial charge in [-0.1, -0.05) is 30.9 Å². The normalized spacial score (nSPS) is 19.1. The number of hydrogen-bond donors (Lipinski definition) is 1. The number of benzene rings is 1. The molecule has 0 spiro atoms. The number of carbonyl (C=O) groups is 1. The fourth-order valence-electron chi connectivity index (χ4n) is 3.02. The second kappa shape index (κ2) is 10.1. The zero-order valence-corrected chi connectivity index (χ0v) is 15.5. The van der Waals surface area contributed by atoms with Crippen molar-refractivity contribution < 1.29 is 33.3 Å². The first-order valence-electron chi connectivity index (χ1n) is 9.15. The zero-order chi connectivity index (χ0) is 19.8. The minimum Gasteiger partial charge on any atom is -0.464 e. The highest BCUT2D eigenvalue weighted by Crippen LogP contribution is 2.36. The van der Waals surface area contributed by atoms with E-state index in [1.165, 1.54) is 6.08 Å². The second-order valence-corrected chi connectivity index (χ2v) is 6.20. The van der Waals surface area contributed by atoms with E-state index < -0.39 is 12.3 Å². The fourth-order valence-corrected chi connectivity index (χ4v) is 3.02. The van der Waals surface area contributed by atoms with E-state index in [0.717, 1.165) is 16.5 Å². The van der Waals surface area contributed by atoms with Gasteiger partial charge in [-0.3, -0.25) is 0 Å². The summed E-state index contributed by atoms with van der Waals surface area (Å²) < 4.78 is 27.4. The summed E-state index contributed by atoms with van der Waals surface area (Å²) >= 11 is 0. The van der Waals surface area contributed by atoms with Gasteiger partial charge in [0.1, 0.15) is 12.2 Å². The van der Waals surface area contributed by atoms with Crippen molar-refractivity contribution in [2.75, 3.05) is 33.0 Å². The van der Waals surface area contributed by atoms with Gasteiger partial charge in [0.25, 0.3) is 0 Å². The van der Waals surface area contributed by atoms with Crippen LogP contribution < -0.4 is 0 Å². The molecular formula is C21H24O7. The molecule has 28 heavy (non-hydrogen) atoms. The van der Waals surface area contributed by atoms with Crippen LogP contribution in [-0.4, -0.2) is 50.4 Å². The summed E-state index contributed by atoms with van der Waals surface area (Å²) in [5.41, 5.74) is 1.74. The van der Waals surface area contributed by atoms with Crippen LogP contribution in [0.25, 0.3) is 11.0 Å². The highest BCUT2D eigenvalue weighted by Gasteiger charge is 2.31. The lowest BCUT2D eigenvalue weighted by Crippen LogP contribution is -2.28.